The molecule has 1 N–H and O–H groups in total. The highest BCUT2D eigenvalue weighted by molar-refractivity contribution is 7.98. The van der Waals surface area contributed by atoms with Crippen molar-refractivity contribution in [1.82, 2.24) is 24.8 Å². The number of hydrogen-bond acceptors (Lipinski definition) is 7. The van der Waals surface area contributed by atoms with Crippen molar-refractivity contribution in [2.45, 2.75) is 62.4 Å². The van der Waals surface area contributed by atoms with Crippen LogP contribution in [0.2, 0.25) is 0 Å². The second-order valence-electron chi connectivity index (χ2n) is 10.9. The molecule has 0 saturated carbocycles. The monoisotopic (exact) mass is 558 g/mol. The van der Waals surface area contributed by atoms with Crippen molar-refractivity contribution in [3.63, 3.8) is 0 Å². The third-order valence-corrected chi connectivity index (χ3v) is 7.52. The SMILES string of the molecule is CSc1cc(F)cc([C@H]2C[C@H](F)CN2c2ccc3ncc(C(=O)N[C@@H]4CCN(C(=O)OC(C)(C)C)C4)n3n2)c1. The van der Waals surface area contributed by atoms with E-state index in [2.05, 4.69) is 15.4 Å². The largest absolute Gasteiger partial charge is 0.444 e. The van der Waals surface area contributed by atoms with Gasteiger partial charge >= 0.3 is 6.09 Å². The van der Waals surface area contributed by atoms with Crippen LogP contribution in [-0.4, -0.2) is 75.2 Å². The Kier molecular flexibility index (Phi) is 7.41. The number of hydrogen-bond donors (Lipinski definition) is 1. The molecule has 208 valence electrons. The minimum atomic E-state index is -1.10. The summed E-state index contributed by atoms with van der Waals surface area (Å²) >= 11 is 1.43. The lowest BCUT2D eigenvalue weighted by Crippen LogP contribution is -2.40. The van der Waals surface area contributed by atoms with E-state index in [1.807, 2.05) is 33.1 Å². The van der Waals surface area contributed by atoms with Gasteiger partial charge in [-0.15, -0.1) is 16.9 Å². The number of carbonyl (C=O) groups is 2. The van der Waals surface area contributed by atoms with Crippen LogP contribution in [0, 0.1) is 5.82 Å². The van der Waals surface area contributed by atoms with Crippen LogP contribution in [0.4, 0.5) is 19.4 Å². The van der Waals surface area contributed by atoms with E-state index >= 15 is 0 Å². The molecule has 2 aliphatic heterocycles. The van der Waals surface area contributed by atoms with E-state index in [-0.39, 0.29) is 36.4 Å². The van der Waals surface area contributed by atoms with Gasteiger partial charge in [-0.3, -0.25) is 4.79 Å². The molecule has 2 aromatic heterocycles. The smallest absolute Gasteiger partial charge is 0.410 e. The molecule has 2 fully saturated rings. The summed E-state index contributed by atoms with van der Waals surface area (Å²) in [5.41, 5.74) is 0.779. The zero-order valence-electron chi connectivity index (χ0n) is 22.4. The van der Waals surface area contributed by atoms with Gasteiger partial charge in [0.15, 0.2) is 11.3 Å². The number of imidazole rings is 1. The minimum absolute atomic E-state index is 0.104. The van der Waals surface area contributed by atoms with Crippen LogP contribution in [0.15, 0.2) is 41.4 Å². The van der Waals surface area contributed by atoms with Crippen LogP contribution >= 0.6 is 11.8 Å². The normalized spacial score (nSPS) is 21.5. The van der Waals surface area contributed by atoms with Gasteiger partial charge in [0, 0.05) is 30.4 Å². The number of rotatable bonds is 5. The molecule has 39 heavy (non-hydrogen) atoms. The van der Waals surface area contributed by atoms with Gasteiger partial charge in [0.2, 0.25) is 0 Å². The Bertz CT molecular complexity index is 1390. The number of fused-ring (bicyclic) bond motifs is 1. The molecule has 0 unspecified atom stereocenters. The van der Waals surface area contributed by atoms with Crippen molar-refractivity contribution < 1.29 is 23.1 Å². The van der Waals surface area contributed by atoms with Crippen molar-refractivity contribution in [1.29, 1.82) is 0 Å². The predicted octanol–water partition coefficient (Wildman–Crippen LogP) is 4.62. The second-order valence-corrected chi connectivity index (χ2v) is 11.8. The molecule has 0 spiro atoms. The summed E-state index contributed by atoms with van der Waals surface area (Å²) in [5, 5.41) is 7.60. The van der Waals surface area contributed by atoms with E-state index < -0.39 is 23.9 Å². The van der Waals surface area contributed by atoms with Gasteiger partial charge in [0.05, 0.1) is 18.8 Å². The third kappa shape index (κ3) is 5.95. The minimum Gasteiger partial charge on any atom is -0.444 e. The van der Waals surface area contributed by atoms with E-state index in [0.29, 0.717) is 36.5 Å². The van der Waals surface area contributed by atoms with Crippen molar-refractivity contribution >= 4 is 35.2 Å². The van der Waals surface area contributed by atoms with Crippen LogP contribution in [0.3, 0.4) is 0 Å². The second kappa shape index (κ2) is 10.6. The van der Waals surface area contributed by atoms with Crippen LogP contribution in [-0.2, 0) is 4.74 Å². The lowest BCUT2D eigenvalue weighted by molar-refractivity contribution is 0.0290. The molecule has 2 saturated heterocycles. The molecular formula is C27H32F2N6O3S. The molecule has 2 aliphatic rings. The Labute approximate surface area is 229 Å². The van der Waals surface area contributed by atoms with Crippen LogP contribution < -0.4 is 10.2 Å². The van der Waals surface area contributed by atoms with E-state index in [9.17, 15) is 18.4 Å². The third-order valence-electron chi connectivity index (χ3n) is 6.81. The van der Waals surface area contributed by atoms with E-state index in [4.69, 9.17) is 4.74 Å². The topological polar surface area (TPSA) is 92.1 Å². The average molecular weight is 559 g/mol. The molecule has 0 bridgehead atoms. The van der Waals surface area contributed by atoms with Crippen molar-refractivity contribution in [2.75, 3.05) is 30.8 Å². The average Bonchev–Trinajstić information content (AvgIpc) is 3.60. The summed E-state index contributed by atoms with van der Waals surface area (Å²) in [4.78, 5) is 34.0. The van der Waals surface area contributed by atoms with Gasteiger partial charge in [-0.2, -0.15) is 0 Å². The van der Waals surface area contributed by atoms with Crippen LogP contribution in [0.5, 0.6) is 0 Å². The van der Waals surface area contributed by atoms with Gasteiger partial charge in [0.25, 0.3) is 5.91 Å². The molecule has 3 aromatic rings. The molecule has 5 rings (SSSR count). The summed E-state index contributed by atoms with van der Waals surface area (Å²) < 4.78 is 35.8. The van der Waals surface area contributed by atoms with Gasteiger partial charge in [-0.05, 0) is 69.3 Å². The summed E-state index contributed by atoms with van der Waals surface area (Å²) in [6.07, 6.45) is 2.61. The summed E-state index contributed by atoms with van der Waals surface area (Å²) in [7, 11) is 0. The van der Waals surface area contributed by atoms with Crippen LogP contribution in [0.25, 0.3) is 5.65 Å². The molecule has 1 aromatic carbocycles. The number of amides is 2. The number of alkyl halides is 1. The van der Waals surface area contributed by atoms with Gasteiger partial charge in [-0.1, -0.05) is 0 Å². The highest BCUT2D eigenvalue weighted by atomic mass is 32.2. The molecule has 0 aliphatic carbocycles. The quantitative estimate of drug-likeness (QED) is 0.457. The molecule has 4 heterocycles. The van der Waals surface area contributed by atoms with E-state index in [0.717, 1.165) is 4.90 Å². The number of halogens is 2. The molecule has 2 amide bonds. The van der Waals surface area contributed by atoms with E-state index in [1.54, 1.807) is 21.9 Å². The first-order valence-corrected chi connectivity index (χ1v) is 14.1. The number of ether oxygens (including phenoxy) is 1. The van der Waals surface area contributed by atoms with Gasteiger partial charge in [0.1, 0.15) is 23.4 Å². The Morgan fingerprint density at radius 3 is 2.72 bits per heavy atom. The maximum absolute atomic E-state index is 14.7. The standard InChI is InChI=1S/C27H32F2N6O3S/c1-27(2,3)38-26(37)33-8-7-19(15-33)31-25(36)22-13-30-23-5-6-24(32-35(22)23)34-14-18(29)12-21(34)16-9-17(28)11-20(10-16)39-4/h5-6,9-11,13,18-19,21H,7-8,12,14-15H2,1-4H3,(H,31,36)/t18-,19+,21+/m0/s1. The van der Waals surface area contributed by atoms with Crippen molar-refractivity contribution in [3.05, 3.63) is 53.6 Å². The maximum Gasteiger partial charge on any atom is 0.410 e. The number of nitrogens with zero attached hydrogens (tertiary/aromatic N) is 5. The molecule has 3 atom stereocenters. The Hall–Kier alpha value is -3.41. The summed E-state index contributed by atoms with van der Waals surface area (Å²) in [6.45, 7) is 6.36. The Morgan fingerprint density at radius 2 is 1.97 bits per heavy atom. The number of anilines is 1. The first-order valence-electron chi connectivity index (χ1n) is 12.9. The summed E-state index contributed by atoms with van der Waals surface area (Å²) in [5.74, 6) is -0.279. The van der Waals surface area contributed by atoms with E-state index in [1.165, 1.54) is 34.6 Å². The number of thioether (sulfide) groups is 1. The zero-order valence-corrected chi connectivity index (χ0v) is 23.2. The predicted molar refractivity (Wildman–Crippen MR) is 144 cm³/mol. The molecule has 0 radical (unpaired) electrons. The zero-order chi connectivity index (χ0) is 27.9. The van der Waals surface area contributed by atoms with Gasteiger partial charge < -0.3 is 19.9 Å². The first-order chi connectivity index (χ1) is 18.5. The highest BCUT2D eigenvalue weighted by Gasteiger charge is 2.35. The van der Waals surface area contributed by atoms with Crippen LogP contribution in [0.1, 0.15) is 55.7 Å². The lowest BCUT2D eigenvalue weighted by atomic mass is 10.0. The van der Waals surface area contributed by atoms with Crippen molar-refractivity contribution in [3.8, 4) is 0 Å². The number of nitrogens with one attached hydrogen (secondary N) is 1. The number of aromatic nitrogens is 3. The summed E-state index contributed by atoms with van der Waals surface area (Å²) in [6, 6.07) is 7.59. The first kappa shape index (κ1) is 27.2. The number of carbonyl (C=O) groups excluding carboxylic acids is 2. The number of likely N-dealkylation sites (tertiary alicyclic amines) is 1. The fourth-order valence-electron chi connectivity index (χ4n) is 5.05. The lowest BCUT2D eigenvalue weighted by Gasteiger charge is -2.26. The number of benzene rings is 1. The molecule has 12 heteroatoms. The molecule has 9 nitrogen and oxygen atoms in total. The van der Waals surface area contributed by atoms with Gasteiger partial charge in [-0.25, -0.2) is 23.1 Å². The maximum atomic E-state index is 14.7. The fraction of sp³-hybridized carbons (Fsp3) is 0.481. The highest BCUT2D eigenvalue weighted by Crippen LogP contribution is 2.38. The Balaban J connectivity index is 1.34. The molecular weight excluding hydrogens is 526 g/mol. The Morgan fingerprint density at radius 1 is 1.18 bits per heavy atom. The van der Waals surface area contributed by atoms with Crippen molar-refractivity contribution in [2.24, 2.45) is 0 Å². The fourth-order valence-corrected chi connectivity index (χ4v) is 5.53.